The zero-order chi connectivity index (χ0) is 13.3. The molecule has 0 amide bonds. The molecule has 2 aromatic carbocycles. The largest absolute Gasteiger partial charge is 0.289 e. The van der Waals surface area contributed by atoms with E-state index in [2.05, 4.69) is 15.9 Å². The number of ketones is 1. The summed E-state index contributed by atoms with van der Waals surface area (Å²) in [6, 6.07) is 9.08. The van der Waals surface area contributed by atoms with Crippen molar-refractivity contribution in [2.45, 2.75) is 6.92 Å². The lowest BCUT2D eigenvalue weighted by Crippen LogP contribution is -2.05. The molecule has 92 valence electrons. The van der Waals surface area contributed by atoms with Crippen LogP contribution in [0.2, 0.25) is 5.02 Å². The first-order chi connectivity index (χ1) is 8.49. The minimum atomic E-state index is -0.475. The predicted molar refractivity (Wildman–Crippen MR) is 73.7 cm³/mol. The van der Waals surface area contributed by atoms with Crippen molar-refractivity contribution >= 4 is 33.3 Å². The van der Waals surface area contributed by atoms with Crippen LogP contribution in [0.3, 0.4) is 0 Å². The van der Waals surface area contributed by atoms with Crippen molar-refractivity contribution in [3.05, 3.63) is 68.4 Å². The molecule has 0 bridgehead atoms. The Hall–Kier alpha value is -1.19. The first-order valence-electron chi connectivity index (χ1n) is 5.25. The predicted octanol–water partition coefficient (Wildman–Crippen LogP) is 4.78. The number of carbonyl (C=O) groups is 1. The third-order valence-corrected chi connectivity index (χ3v) is 3.43. The van der Waals surface area contributed by atoms with E-state index in [9.17, 15) is 9.18 Å². The van der Waals surface area contributed by atoms with Crippen molar-refractivity contribution in [2.75, 3.05) is 0 Å². The van der Waals surface area contributed by atoms with Gasteiger partial charge in [0.05, 0.1) is 5.02 Å². The zero-order valence-corrected chi connectivity index (χ0v) is 11.8. The highest BCUT2D eigenvalue weighted by atomic mass is 79.9. The van der Waals surface area contributed by atoms with Crippen molar-refractivity contribution in [1.29, 1.82) is 0 Å². The van der Waals surface area contributed by atoms with E-state index in [1.54, 1.807) is 12.1 Å². The minimum Gasteiger partial charge on any atom is -0.289 e. The maximum Gasteiger partial charge on any atom is 0.194 e. The molecule has 0 heterocycles. The van der Waals surface area contributed by atoms with Gasteiger partial charge in [-0.1, -0.05) is 27.5 Å². The van der Waals surface area contributed by atoms with Crippen molar-refractivity contribution < 1.29 is 9.18 Å². The van der Waals surface area contributed by atoms with Gasteiger partial charge >= 0.3 is 0 Å². The van der Waals surface area contributed by atoms with Crippen molar-refractivity contribution in [2.24, 2.45) is 0 Å². The second-order valence-corrected chi connectivity index (χ2v) is 5.24. The lowest BCUT2D eigenvalue weighted by Gasteiger charge is -2.07. The molecule has 0 radical (unpaired) electrons. The number of hydrogen-bond donors (Lipinski definition) is 0. The van der Waals surface area contributed by atoms with Gasteiger partial charge in [0.1, 0.15) is 5.82 Å². The maximum absolute atomic E-state index is 13.2. The van der Waals surface area contributed by atoms with Gasteiger partial charge in [-0.15, -0.1) is 0 Å². The van der Waals surface area contributed by atoms with Crippen molar-refractivity contribution in [1.82, 2.24) is 0 Å². The average Bonchev–Trinajstić information content (AvgIpc) is 2.31. The third-order valence-electron chi connectivity index (χ3n) is 2.61. The summed E-state index contributed by atoms with van der Waals surface area (Å²) in [6.07, 6.45) is 0. The van der Waals surface area contributed by atoms with Crippen LogP contribution in [0.1, 0.15) is 21.5 Å². The molecule has 0 aliphatic rings. The van der Waals surface area contributed by atoms with Gasteiger partial charge in [0.15, 0.2) is 5.78 Å². The van der Waals surface area contributed by atoms with Crippen LogP contribution in [0.25, 0.3) is 0 Å². The fraction of sp³-hybridized carbons (Fsp3) is 0.0714. The van der Waals surface area contributed by atoms with Gasteiger partial charge in [0.2, 0.25) is 0 Å². The molecular weight excluding hydrogens is 319 g/mol. The van der Waals surface area contributed by atoms with E-state index in [1.807, 2.05) is 13.0 Å². The number of aryl methyl sites for hydroxylation is 1. The average molecular weight is 328 g/mol. The maximum atomic E-state index is 13.2. The number of carbonyl (C=O) groups excluding carboxylic acids is 1. The fourth-order valence-corrected chi connectivity index (χ4v) is 2.38. The highest BCUT2D eigenvalue weighted by Gasteiger charge is 2.15. The molecule has 0 N–H and O–H groups in total. The van der Waals surface area contributed by atoms with Gasteiger partial charge < -0.3 is 0 Å². The molecule has 18 heavy (non-hydrogen) atoms. The molecule has 0 aliphatic carbocycles. The van der Waals surface area contributed by atoms with Gasteiger partial charge in [0.25, 0.3) is 0 Å². The molecule has 0 fully saturated rings. The summed E-state index contributed by atoms with van der Waals surface area (Å²) in [6.45, 7) is 1.82. The first-order valence-corrected chi connectivity index (χ1v) is 6.42. The Labute approximate surface area is 118 Å². The van der Waals surface area contributed by atoms with E-state index in [0.717, 1.165) is 16.1 Å². The van der Waals surface area contributed by atoms with Crippen LogP contribution in [0.4, 0.5) is 4.39 Å². The Morgan fingerprint density at radius 1 is 1.17 bits per heavy atom. The number of hydrogen-bond acceptors (Lipinski definition) is 1. The fourth-order valence-electron chi connectivity index (χ4n) is 1.70. The van der Waals surface area contributed by atoms with Crippen LogP contribution in [-0.2, 0) is 0 Å². The molecule has 0 unspecified atom stereocenters. The number of benzene rings is 2. The molecule has 0 spiro atoms. The topological polar surface area (TPSA) is 17.1 Å². The molecule has 0 saturated carbocycles. The molecule has 0 aliphatic heterocycles. The summed E-state index contributed by atoms with van der Waals surface area (Å²) in [5.74, 6) is -0.748. The quantitative estimate of drug-likeness (QED) is 0.725. The summed E-state index contributed by atoms with van der Waals surface area (Å²) in [5, 5.41) is 0.253. The van der Waals surface area contributed by atoms with E-state index in [-0.39, 0.29) is 16.4 Å². The van der Waals surface area contributed by atoms with Crippen LogP contribution >= 0.6 is 27.5 Å². The highest BCUT2D eigenvalue weighted by molar-refractivity contribution is 9.10. The van der Waals surface area contributed by atoms with E-state index in [4.69, 9.17) is 11.6 Å². The van der Waals surface area contributed by atoms with Crippen LogP contribution in [0.5, 0.6) is 0 Å². The number of halogens is 3. The molecule has 0 aromatic heterocycles. The van der Waals surface area contributed by atoms with E-state index in [0.29, 0.717) is 5.56 Å². The lowest BCUT2D eigenvalue weighted by atomic mass is 9.99. The summed E-state index contributed by atoms with van der Waals surface area (Å²) in [7, 11) is 0. The molecule has 2 aromatic rings. The molecule has 2 rings (SSSR count). The summed E-state index contributed by atoms with van der Waals surface area (Å²) in [4.78, 5) is 12.3. The smallest absolute Gasteiger partial charge is 0.194 e. The van der Waals surface area contributed by atoms with Crippen LogP contribution < -0.4 is 0 Å². The molecule has 0 atom stereocenters. The molecule has 0 saturated heterocycles. The monoisotopic (exact) mass is 326 g/mol. The Morgan fingerprint density at radius 3 is 2.56 bits per heavy atom. The van der Waals surface area contributed by atoms with Gasteiger partial charge in [-0.3, -0.25) is 4.79 Å². The van der Waals surface area contributed by atoms with Crippen LogP contribution in [-0.4, -0.2) is 5.78 Å². The van der Waals surface area contributed by atoms with Crippen molar-refractivity contribution in [3.63, 3.8) is 0 Å². The second kappa shape index (κ2) is 5.21. The Balaban J connectivity index is 2.51. The minimum absolute atomic E-state index is 0.182. The van der Waals surface area contributed by atoms with Crippen LogP contribution in [0.15, 0.2) is 40.9 Å². The van der Waals surface area contributed by atoms with E-state index < -0.39 is 5.82 Å². The van der Waals surface area contributed by atoms with Crippen LogP contribution in [0, 0.1) is 12.7 Å². The summed E-state index contributed by atoms with van der Waals surface area (Å²) in [5.41, 5.74) is 1.52. The van der Waals surface area contributed by atoms with Gasteiger partial charge in [-0.05, 0) is 48.9 Å². The SMILES string of the molecule is Cc1cc(Br)ccc1C(=O)c1cc(F)ccc1Cl. The molecular formula is C14H9BrClFO. The Kier molecular flexibility index (Phi) is 3.83. The lowest BCUT2D eigenvalue weighted by molar-refractivity contribution is 0.103. The highest BCUT2D eigenvalue weighted by Crippen LogP contribution is 2.23. The second-order valence-electron chi connectivity index (χ2n) is 3.91. The summed E-state index contributed by atoms with van der Waals surface area (Å²) >= 11 is 9.26. The van der Waals surface area contributed by atoms with E-state index >= 15 is 0 Å². The Morgan fingerprint density at radius 2 is 1.89 bits per heavy atom. The zero-order valence-electron chi connectivity index (χ0n) is 9.51. The standard InChI is InChI=1S/C14H9BrClFO/c1-8-6-9(15)2-4-11(8)14(18)12-7-10(17)3-5-13(12)16/h2-7H,1H3. The van der Waals surface area contributed by atoms with Gasteiger partial charge in [-0.2, -0.15) is 0 Å². The normalized spacial score (nSPS) is 10.4. The Bertz CT molecular complexity index is 625. The van der Waals surface area contributed by atoms with E-state index in [1.165, 1.54) is 12.1 Å². The third kappa shape index (κ3) is 2.62. The van der Waals surface area contributed by atoms with Gasteiger partial charge in [-0.25, -0.2) is 4.39 Å². The van der Waals surface area contributed by atoms with Gasteiger partial charge in [0, 0.05) is 15.6 Å². The molecule has 4 heteroatoms. The first kappa shape index (κ1) is 13.2. The van der Waals surface area contributed by atoms with Crippen molar-refractivity contribution in [3.8, 4) is 0 Å². The summed E-state index contributed by atoms with van der Waals surface area (Å²) < 4.78 is 14.1. The molecule has 1 nitrogen and oxygen atoms in total. The number of rotatable bonds is 2.